The van der Waals surface area contributed by atoms with E-state index in [0.29, 0.717) is 12.3 Å². The van der Waals surface area contributed by atoms with Crippen molar-refractivity contribution in [3.8, 4) is 0 Å². The minimum atomic E-state index is -0.155. The second kappa shape index (κ2) is 4.56. The molecule has 1 saturated carbocycles. The van der Waals surface area contributed by atoms with Gasteiger partial charge >= 0.3 is 0 Å². The highest BCUT2D eigenvalue weighted by atomic mass is 16.5. The van der Waals surface area contributed by atoms with Crippen LogP contribution in [0.2, 0.25) is 0 Å². The Morgan fingerprint density at radius 3 is 2.57 bits per heavy atom. The Bertz CT molecular complexity index is 579. The van der Waals surface area contributed by atoms with Crippen LogP contribution in [0.15, 0.2) is 23.0 Å². The van der Waals surface area contributed by atoms with Crippen LogP contribution in [0.4, 0.5) is 0 Å². The SMILES string of the molecule is COC1=CC(=O)C2=C(CC[C@H]3C(C)(C)CCC[C@]23C)C1=O. The first-order valence-electron chi connectivity index (χ1n) is 7.89. The molecule has 0 bridgehead atoms. The van der Waals surface area contributed by atoms with Gasteiger partial charge in [0.25, 0.3) is 0 Å². The van der Waals surface area contributed by atoms with Gasteiger partial charge in [-0.3, -0.25) is 9.59 Å². The zero-order valence-electron chi connectivity index (χ0n) is 13.4. The number of carbonyl (C=O) groups excluding carboxylic acids is 2. The van der Waals surface area contributed by atoms with Gasteiger partial charge in [-0.25, -0.2) is 0 Å². The number of Topliss-reactive ketones (excluding diaryl/α,β-unsaturated/α-hetero) is 1. The normalized spacial score (nSPS) is 35.0. The lowest BCUT2D eigenvalue weighted by Gasteiger charge is -2.54. The van der Waals surface area contributed by atoms with Gasteiger partial charge in [0, 0.05) is 22.6 Å². The summed E-state index contributed by atoms with van der Waals surface area (Å²) in [6, 6.07) is 0. The largest absolute Gasteiger partial charge is 0.493 e. The van der Waals surface area contributed by atoms with Crippen LogP contribution in [0.1, 0.15) is 52.9 Å². The predicted octanol–water partition coefficient (Wildman–Crippen LogP) is 3.59. The fourth-order valence-electron chi connectivity index (χ4n) is 5.10. The zero-order valence-corrected chi connectivity index (χ0v) is 13.4. The monoisotopic (exact) mass is 288 g/mol. The van der Waals surface area contributed by atoms with Crippen LogP contribution < -0.4 is 0 Å². The summed E-state index contributed by atoms with van der Waals surface area (Å²) in [7, 11) is 1.46. The molecule has 0 aromatic rings. The van der Waals surface area contributed by atoms with E-state index in [9.17, 15) is 9.59 Å². The molecule has 0 amide bonds. The van der Waals surface area contributed by atoms with Crippen LogP contribution in [0, 0.1) is 16.7 Å². The Labute approximate surface area is 126 Å². The van der Waals surface area contributed by atoms with E-state index in [-0.39, 0.29) is 28.2 Å². The molecule has 0 spiro atoms. The molecular weight excluding hydrogens is 264 g/mol. The van der Waals surface area contributed by atoms with Crippen LogP contribution in [-0.4, -0.2) is 18.7 Å². The summed E-state index contributed by atoms with van der Waals surface area (Å²) in [6.07, 6.45) is 6.45. The molecule has 0 aromatic carbocycles. The van der Waals surface area contributed by atoms with Gasteiger partial charge in [-0.2, -0.15) is 0 Å². The van der Waals surface area contributed by atoms with Gasteiger partial charge in [-0.15, -0.1) is 0 Å². The highest BCUT2D eigenvalue weighted by Crippen LogP contribution is 2.60. The van der Waals surface area contributed by atoms with Gasteiger partial charge in [0.15, 0.2) is 11.5 Å². The quantitative estimate of drug-likeness (QED) is 0.692. The Morgan fingerprint density at radius 2 is 1.90 bits per heavy atom. The molecule has 2 atom stereocenters. The van der Waals surface area contributed by atoms with E-state index in [1.165, 1.54) is 19.6 Å². The van der Waals surface area contributed by atoms with Crippen molar-refractivity contribution in [1.82, 2.24) is 0 Å². The van der Waals surface area contributed by atoms with E-state index in [1.807, 2.05) is 0 Å². The Hall–Kier alpha value is -1.38. The number of hydrogen-bond donors (Lipinski definition) is 0. The summed E-state index contributed by atoms with van der Waals surface area (Å²) in [5, 5.41) is 0. The number of allylic oxidation sites excluding steroid dienone is 3. The minimum absolute atomic E-state index is 0.00801. The number of ether oxygens (including phenoxy) is 1. The third-order valence-electron chi connectivity index (χ3n) is 6.01. The maximum Gasteiger partial charge on any atom is 0.224 e. The average molecular weight is 288 g/mol. The van der Waals surface area contributed by atoms with E-state index >= 15 is 0 Å². The molecule has 3 rings (SSSR count). The second-order valence-corrected chi connectivity index (χ2v) is 7.61. The van der Waals surface area contributed by atoms with E-state index in [1.54, 1.807) is 0 Å². The lowest BCUT2D eigenvalue weighted by molar-refractivity contribution is -0.121. The summed E-state index contributed by atoms with van der Waals surface area (Å²) in [5.74, 6) is 0.601. The molecule has 0 saturated heterocycles. The van der Waals surface area contributed by atoms with E-state index in [2.05, 4.69) is 20.8 Å². The number of methoxy groups -OCH3 is 1. The lowest BCUT2D eigenvalue weighted by atomic mass is 9.49. The Balaban J connectivity index is 2.11. The van der Waals surface area contributed by atoms with Gasteiger partial charge in [0.05, 0.1) is 7.11 Å². The fourth-order valence-corrected chi connectivity index (χ4v) is 5.10. The van der Waals surface area contributed by atoms with Gasteiger partial charge in [0.1, 0.15) is 0 Å². The third-order valence-corrected chi connectivity index (χ3v) is 6.01. The number of fused-ring (bicyclic) bond motifs is 2. The first-order valence-corrected chi connectivity index (χ1v) is 7.89. The van der Waals surface area contributed by atoms with Crippen molar-refractivity contribution in [3.05, 3.63) is 23.0 Å². The Kier molecular flexibility index (Phi) is 3.16. The molecule has 1 fully saturated rings. The van der Waals surface area contributed by atoms with Crippen molar-refractivity contribution in [2.75, 3.05) is 7.11 Å². The Morgan fingerprint density at radius 1 is 1.19 bits per heavy atom. The van der Waals surface area contributed by atoms with Gasteiger partial charge in [0.2, 0.25) is 5.78 Å². The summed E-state index contributed by atoms with van der Waals surface area (Å²) in [4.78, 5) is 25.2. The summed E-state index contributed by atoms with van der Waals surface area (Å²) in [5.41, 5.74) is 1.59. The molecule has 21 heavy (non-hydrogen) atoms. The fraction of sp³-hybridized carbons (Fsp3) is 0.667. The van der Waals surface area contributed by atoms with Crippen molar-refractivity contribution < 1.29 is 14.3 Å². The molecule has 3 nitrogen and oxygen atoms in total. The van der Waals surface area contributed by atoms with Crippen molar-refractivity contribution in [1.29, 1.82) is 0 Å². The smallest absolute Gasteiger partial charge is 0.224 e. The van der Waals surface area contributed by atoms with E-state index < -0.39 is 0 Å². The highest BCUT2D eigenvalue weighted by molar-refractivity contribution is 6.22. The first kappa shape index (κ1) is 14.6. The van der Waals surface area contributed by atoms with Crippen molar-refractivity contribution >= 4 is 11.6 Å². The topological polar surface area (TPSA) is 43.4 Å². The molecule has 3 aliphatic rings. The van der Waals surface area contributed by atoms with Gasteiger partial charge in [-0.1, -0.05) is 27.2 Å². The molecular formula is C18H24O3. The number of ketones is 2. The van der Waals surface area contributed by atoms with Crippen LogP contribution in [0.25, 0.3) is 0 Å². The maximum atomic E-state index is 12.6. The third kappa shape index (κ3) is 1.93. The molecule has 0 radical (unpaired) electrons. The van der Waals surface area contributed by atoms with Crippen LogP contribution >= 0.6 is 0 Å². The molecule has 0 aliphatic heterocycles. The van der Waals surface area contributed by atoms with E-state index in [4.69, 9.17) is 4.74 Å². The molecule has 3 aliphatic carbocycles. The van der Waals surface area contributed by atoms with E-state index in [0.717, 1.165) is 30.4 Å². The van der Waals surface area contributed by atoms with Gasteiger partial charge in [-0.05, 0) is 37.0 Å². The summed E-state index contributed by atoms with van der Waals surface area (Å²) >= 11 is 0. The predicted molar refractivity (Wildman–Crippen MR) is 80.6 cm³/mol. The van der Waals surface area contributed by atoms with Gasteiger partial charge < -0.3 is 4.74 Å². The molecule has 0 unspecified atom stereocenters. The molecule has 3 heteroatoms. The lowest BCUT2D eigenvalue weighted by Crippen LogP contribution is -2.48. The number of rotatable bonds is 1. The van der Waals surface area contributed by atoms with Crippen LogP contribution in [-0.2, 0) is 14.3 Å². The second-order valence-electron chi connectivity index (χ2n) is 7.61. The molecule has 114 valence electrons. The summed E-state index contributed by atoms with van der Waals surface area (Å²) in [6.45, 7) is 6.82. The van der Waals surface area contributed by atoms with Crippen molar-refractivity contribution in [2.24, 2.45) is 16.7 Å². The highest BCUT2D eigenvalue weighted by Gasteiger charge is 2.53. The maximum absolute atomic E-state index is 12.6. The molecule has 0 heterocycles. The summed E-state index contributed by atoms with van der Waals surface area (Å²) < 4.78 is 5.09. The van der Waals surface area contributed by atoms with Crippen LogP contribution in [0.3, 0.4) is 0 Å². The van der Waals surface area contributed by atoms with Crippen molar-refractivity contribution in [2.45, 2.75) is 52.9 Å². The van der Waals surface area contributed by atoms with Crippen LogP contribution in [0.5, 0.6) is 0 Å². The zero-order chi connectivity index (χ0) is 15.4. The first-order chi connectivity index (χ1) is 9.81. The molecule has 0 N–H and O–H groups in total. The standard InChI is InChI=1S/C18H24O3/c1-17(2)8-5-9-18(3)14(17)7-6-11-15(18)12(19)10-13(21-4)16(11)20/h10,14H,5-9H2,1-4H3/t14-,18-/m0/s1. The number of hydrogen-bond acceptors (Lipinski definition) is 3. The average Bonchev–Trinajstić information content (AvgIpc) is 2.40. The number of carbonyl (C=O) groups is 2. The minimum Gasteiger partial charge on any atom is -0.493 e. The molecule has 0 aromatic heterocycles. The van der Waals surface area contributed by atoms with Crippen molar-refractivity contribution in [3.63, 3.8) is 0 Å².